The number of halogens is 1. The van der Waals surface area contributed by atoms with Crippen LogP contribution in [0.1, 0.15) is 23.4 Å². The summed E-state index contributed by atoms with van der Waals surface area (Å²) < 4.78 is 33.4. The number of amides is 1. The van der Waals surface area contributed by atoms with Crippen molar-refractivity contribution < 1.29 is 17.6 Å². The minimum Gasteiger partial charge on any atom is -0.441 e. The number of carbonyl (C=O) groups excluding carboxylic acids is 1. The molecule has 0 atom stereocenters. The summed E-state index contributed by atoms with van der Waals surface area (Å²) in [6, 6.07) is 12.8. The summed E-state index contributed by atoms with van der Waals surface area (Å²) in [5.74, 6) is 0.985. The van der Waals surface area contributed by atoms with Crippen LogP contribution < -0.4 is 0 Å². The van der Waals surface area contributed by atoms with Crippen molar-refractivity contribution in [2.75, 3.05) is 26.2 Å². The normalized spacial score (nSPS) is 15.1. The fourth-order valence-corrected chi connectivity index (χ4v) is 5.85. The van der Waals surface area contributed by atoms with Gasteiger partial charge in [0.15, 0.2) is 11.7 Å². The predicted molar refractivity (Wildman–Crippen MR) is 127 cm³/mol. The van der Waals surface area contributed by atoms with Gasteiger partial charge in [0.05, 0.1) is 16.1 Å². The molecule has 174 valence electrons. The van der Waals surface area contributed by atoms with Crippen LogP contribution in [0.2, 0.25) is 5.02 Å². The van der Waals surface area contributed by atoms with E-state index in [0.29, 0.717) is 41.1 Å². The van der Waals surface area contributed by atoms with E-state index in [1.165, 1.54) is 4.31 Å². The lowest BCUT2D eigenvalue weighted by molar-refractivity contribution is -0.132. The van der Waals surface area contributed by atoms with E-state index in [1.54, 1.807) is 30.2 Å². The summed E-state index contributed by atoms with van der Waals surface area (Å²) in [4.78, 5) is 19.0. The number of sulfonamides is 1. The Bertz CT molecular complexity index is 1260. The maximum absolute atomic E-state index is 13.1. The molecule has 0 N–H and O–H groups in total. The number of hydrogen-bond acceptors (Lipinski definition) is 5. The highest BCUT2D eigenvalue weighted by atomic mass is 35.5. The van der Waals surface area contributed by atoms with Gasteiger partial charge in [-0.1, -0.05) is 35.9 Å². The number of aromatic nitrogens is 1. The van der Waals surface area contributed by atoms with E-state index in [4.69, 9.17) is 16.0 Å². The van der Waals surface area contributed by atoms with Crippen LogP contribution in [0.3, 0.4) is 0 Å². The van der Waals surface area contributed by atoms with E-state index < -0.39 is 10.0 Å². The second kappa shape index (κ2) is 9.67. The summed E-state index contributed by atoms with van der Waals surface area (Å²) in [5.41, 5.74) is 2.38. The number of piperazine rings is 1. The van der Waals surface area contributed by atoms with Crippen LogP contribution in [-0.4, -0.2) is 54.7 Å². The summed E-state index contributed by atoms with van der Waals surface area (Å²) in [5, 5.41) is 0.574. The highest BCUT2D eigenvalue weighted by Gasteiger charge is 2.31. The zero-order valence-corrected chi connectivity index (χ0v) is 20.2. The first-order valence-corrected chi connectivity index (χ1v) is 12.6. The van der Waals surface area contributed by atoms with Gasteiger partial charge in [-0.15, -0.1) is 0 Å². The average Bonchev–Trinajstić information content (AvgIpc) is 3.28. The van der Waals surface area contributed by atoms with Crippen molar-refractivity contribution in [2.45, 2.75) is 31.6 Å². The van der Waals surface area contributed by atoms with Crippen molar-refractivity contribution in [3.05, 3.63) is 70.7 Å². The number of rotatable bonds is 6. The summed E-state index contributed by atoms with van der Waals surface area (Å²) in [6.45, 7) is 4.94. The smallest absolute Gasteiger partial charge is 0.243 e. The third-order valence-corrected chi connectivity index (χ3v) is 8.17. The Kier molecular flexibility index (Phi) is 6.88. The van der Waals surface area contributed by atoms with Crippen molar-refractivity contribution in [3.63, 3.8) is 0 Å². The molecule has 1 aliphatic rings. The van der Waals surface area contributed by atoms with Gasteiger partial charge in [-0.05, 0) is 43.2 Å². The first-order valence-electron chi connectivity index (χ1n) is 10.8. The lowest BCUT2D eigenvalue weighted by Gasteiger charge is -2.34. The second-order valence-corrected chi connectivity index (χ2v) is 10.5. The van der Waals surface area contributed by atoms with Gasteiger partial charge in [-0.3, -0.25) is 4.79 Å². The molecule has 1 aliphatic heterocycles. The zero-order chi connectivity index (χ0) is 23.6. The number of aryl methyl sites for hydroxylation is 3. The third-order valence-electron chi connectivity index (χ3n) is 5.80. The standard InChI is InChI=1S/C24H26ClN3O4S/c1-17-7-8-18(2)22(15-17)33(30,31)28-13-11-27(12-14-28)24(29)10-9-23-26-16-21(32-23)19-5-3-4-6-20(19)25/h3-8,15-16H,9-14H2,1-2H3. The molecule has 1 saturated heterocycles. The quantitative estimate of drug-likeness (QED) is 0.523. The lowest BCUT2D eigenvalue weighted by atomic mass is 10.2. The van der Waals surface area contributed by atoms with Gasteiger partial charge >= 0.3 is 0 Å². The monoisotopic (exact) mass is 487 g/mol. The summed E-state index contributed by atoms with van der Waals surface area (Å²) in [7, 11) is -3.59. The maximum atomic E-state index is 13.1. The Morgan fingerprint density at radius 2 is 1.82 bits per heavy atom. The van der Waals surface area contributed by atoms with Crippen LogP contribution in [0.25, 0.3) is 11.3 Å². The average molecular weight is 488 g/mol. The fraction of sp³-hybridized carbons (Fsp3) is 0.333. The van der Waals surface area contributed by atoms with Gasteiger partial charge in [-0.25, -0.2) is 13.4 Å². The largest absolute Gasteiger partial charge is 0.441 e. The van der Waals surface area contributed by atoms with Crippen molar-refractivity contribution >= 4 is 27.5 Å². The highest BCUT2D eigenvalue weighted by molar-refractivity contribution is 7.89. The van der Waals surface area contributed by atoms with Crippen LogP contribution in [0, 0.1) is 13.8 Å². The van der Waals surface area contributed by atoms with E-state index in [9.17, 15) is 13.2 Å². The minimum atomic E-state index is -3.59. The number of benzene rings is 2. The molecule has 2 aromatic carbocycles. The number of carbonyl (C=O) groups is 1. The molecule has 1 amide bonds. The van der Waals surface area contributed by atoms with Crippen molar-refractivity contribution in [3.8, 4) is 11.3 Å². The Balaban J connectivity index is 1.33. The van der Waals surface area contributed by atoms with E-state index in [0.717, 1.165) is 16.7 Å². The van der Waals surface area contributed by atoms with Crippen molar-refractivity contribution in [2.24, 2.45) is 0 Å². The molecule has 0 unspecified atom stereocenters. The second-order valence-electron chi connectivity index (χ2n) is 8.15. The molecule has 0 bridgehead atoms. The highest BCUT2D eigenvalue weighted by Crippen LogP contribution is 2.28. The van der Waals surface area contributed by atoms with Crippen molar-refractivity contribution in [1.82, 2.24) is 14.2 Å². The molecule has 7 nitrogen and oxygen atoms in total. The van der Waals surface area contributed by atoms with Gasteiger partial charge in [0.2, 0.25) is 15.9 Å². The molecule has 2 heterocycles. The maximum Gasteiger partial charge on any atom is 0.243 e. The predicted octanol–water partition coefficient (Wildman–Crippen LogP) is 4.08. The lowest BCUT2D eigenvalue weighted by Crippen LogP contribution is -2.50. The van der Waals surface area contributed by atoms with Crippen LogP contribution >= 0.6 is 11.6 Å². The van der Waals surface area contributed by atoms with Gasteiger partial charge in [0.1, 0.15) is 0 Å². The molecule has 0 saturated carbocycles. The topological polar surface area (TPSA) is 83.7 Å². The molecule has 3 aromatic rings. The summed E-state index contributed by atoms with van der Waals surface area (Å²) in [6.07, 6.45) is 2.22. The molecule has 4 rings (SSSR count). The Morgan fingerprint density at radius 1 is 1.09 bits per heavy atom. The number of oxazole rings is 1. The van der Waals surface area contributed by atoms with Gasteiger partial charge in [0.25, 0.3) is 0 Å². The SMILES string of the molecule is Cc1ccc(C)c(S(=O)(=O)N2CCN(C(=O)CCc3ncc(-c4ccccc4Cl)o3)CC2)c1. The Morgan fingerprint density at radius 3 is 2.55 bits per heavy atom. The number of hydrogen-bond donors (Lipinski definition) is 0. The van der Waals surface area contributed by atoms with Gasteiger partial charge in [0, 0.05) is 44.6 Å². The van der Waals surface area contributed by atoms with E-state index >= 15 is 0 Å². The molecular formula is C24H26ClN3O4S. The summed E-state index contributed by atoms with van der Waals surface area (Å²) >= 11 is 6.20. The van der Waals surface area contributed by atoms with E-state index in [2.05, 4.69) is 4.98 Å². The van der Waals surface area contributed by atoms with Crippen LogP contribution in [0.4, 0.5) is 0 Å². The molecule has 0 aliphatic carbocycles. The van der Waals surface area contributed by atoms with Gasteiger partial charge < -0.3 is 9.32 Å². The fourth-order valence-electron chi connectivity index (χ4n) is 3.89. The van der Waals surface area contributed by atoms with E-state index in [-0.39, 0.29) is 25.4 Å². The minimum absolute atomic E-state index is 0.0451. The van der Waals surface area contributed by atoms with Crippen LogP contribution in [0.5, 0.6) is 0 Å². The molecule has 1 aromatic heterocycles. The molecule has 9 heteroatoms. The molecule has 0 spiro atoms. The van der Waals surface area contributed by atoms with Crippen LogP contribution in [0.15, 0.2) is 58.0 Å². The third kappa shape index (κ3) is 5.13. The molecule has 33 heavy (non-hydrogen) atoms. The Hall–Kier alpha value is -2.68. The number of nitrogens with zero attached hydrogens (tertiary/aromatic N) is 3. The molecule has 0 radical (unpaired) electrons. The van der Waals surface area contributed by atoms with Crippen LogP contribution in [-0.2, 0) is 21.2 Å². The van der Waals surface area contributed by atoms with E-state index in [1.807, 2.05) is 37.3 Å². The molecular weight excluding hydrogens is 462 g/mol. The zero-order valence-electron chi connectivity index (χ0n) is 18.6. The molecule has 1 fully saturated rings. The first-order chi connectivity index (χ1) is 15.8. The van der Waals surface area contributed by atoms with Crippen molar-refractivity contribution in [1.29, 1.82) is 0 Å². The van der Waals surface area contributed by atoms with Gasteiger partial charge in [-0.2, -0.15) is 4.31 Å². The first kappa shape index (κ1) is 23.5. The Labute approximate surface area is 199 Å².